The summed E-state index contributed by atoms with van der Waals surface area (Å²) in [5.74, 6) is -1.59. The number of nitro benzene ring substituents is 1. The number of ketones is 1. The molecular formula is C14H14ClNO5. The average molecular weight is 312 g/mol. The molecular weight excluding hydrogens is 298 g/mol. The predicted molar refractivity (Wildman–Crippen MR) is 77.4 cm³/mol. The molecule has 0 aliphatic carbocycles. The molecule has 0 atom stereocenters. The van der Waals surface area contributed by atoms with Gasteiger partial charge in [-0.15, -0.1) is 0 Å². The largest absolute Gasteiger partial charge is 0.456 e. The lowest BCUT2D eigenvalue weighted by Crippen LogP contribution is -2.27. The zero-order valence-corrected chi connectivity index (χ0v) is 12.6. The molecule has 0 N–H and O–H groups in total. The molecule has 0 aliphatic heterocycles. The van der Waals surface area contributed by atoms with E-state index in [0.717, 1.165) is 12.1 Å². The summed E-state index contributed by atoms with van der Waals surface area (Å²) in [6.07, 6.45) is 0. The van der Waals surface area contributed by atoms with Crippen LogP contribution in [0, 0.1) is 10.1 Å². The molecule has 0 aliphatic rings. The van der Waals surface area contributed by atoms with E-state index in [4.69, 9.17) is 16.3 Å². The van der Waals surface area contributed by atoms with Crippen LogP contribution in [0.3, 0.4) is 0 Å². The molecule has 7 heteroatoms. The van der Waals surface area contributed by atoms with Gasteiger partial charge in [0.2, 0.25) is 5.78 Å². The molecule has 1 aromatic carbocycles. The molecule has 0 fully saturated rings. The van der Waals surface area contributed by atoms with Crippen LogP contribution in [0.15, 0.2) is 30.4 Å². The Bertz CT molecular complexity index is 631. The Balaban J connectivity index is 3.01. The fourth-order valence-corrected chi connectivity index (χ4v) is 1.66. The first-order valence-electron chi connectivity index (χ1n) is 5.94. The maximum atomic E-state index is 12.1. The van der Waals surface area contributed by atoms with Crippen molar-refractivity contribution in [3.63, 3.8) is 0 Å². The summed E-state index contributed by atoms with van der Waals surface area (Å²) in [6.45, 7) is 8.36. The van der Waals surface area contributed by atoms with Crippen molar-refractivity contribution >= 4 is 29.0 Å². The Hall–Kier alpha value is -2.21. The first-order chi connectivity index (χ1) is 9.53. The predicted octanol–water partition coefficient (Wildman–Crippen LogP) is 3.33. The molecule has 0 saturated heterocycles. The van der Waals surface area contributed by atoms with Crippen molar-refractivity contribution in [2.24, 2.45) is 0 Å². The highest BCUT2D eigenvalue weighted by Crippen LogP contribution is 2.25. The van der Waals surface area contributed by atoms with Gasteiger partial charge in [-0.05, 0) is 26.8 Å². The highest BCUT2D eigenvalue weighted by molar-refractivity contribution is 6.37. The van der Waals surface area contributed by atoms with Gasteiger partial charge in [0.25, 0.3) is 5.69 Å². The van der Waals surface area contributed by atoms with E-state index in [1.807, 2.05) is 0 Å². The van der Waals surface area contributed by atoms with Gasteiger partial charge in [-0.2, -0.15) is 0 Å². The lowest BCUT2D eigenvalue weighted by atomic mass is 10.0. The quantitative estimate of drug-likeness (QED) is 0.162. The summed E-state index contributed by atoms with van der Waals surface area (Å²) < 4.78 is 5.03. The molecule has 21 heavy (non-hydrogen) atoms. The Morgan fingerprint density at radius 2 is 1.90 bits per heavy atom. The molecule has 0 spiro atoms. The van der Waals surface area contributed by atoms with Gasteiger partial charge >= 0.3 is 5.97 Å². The molecule has 0 aromatic heterocycles. The van der Waals surface area contributed by atoms with E-state index in [9.17, 15) is 19.7 Å². The molecule has 0 unspecified atom stereocenters. The van der Waals surface area contributed by atoms with Gasteiger partial charge < -0.3 is 4.74 Å². The van der Waals surface area contributed by atoms with Gasteiger partial charge in [0.1, 0.15) is 11.2 Å². The first kappa shape index (κ1) is 16.8. The third-order valence-corrected chi connectivity index (χ3v) is 2.64. The summed E-state index contributed by atoms with van der Waals surface area (Å²) in [6, 6.07) is 3.34. The van der Waals surface area contributed by atoms with E-state index in [-0.39, 0.29) is 21.8 Å². The normalized spacial score (nSPS) is 10.9. The maximum absolute atomic E-state index is 12.1. The summed E-state index contributed by atoms with van der Waals surface area (Å²) in [5.41, 5.74) is -1.45. The lowest BCUT2D eigenvalue weighted by Gasteiger charge is -2.19. The maximum Gasteiger partial charge on any atom is 0.342 e. The van der Waals surface area contributed by atoms with Gasteiger partial charge in [-0.3, -0.25) is 14.9 Å². The molecule has 0 saturated carbocycles. The SMILES string of the molecule is C=C(C(=O)OC(C)(C)C)C(=O)c1ccc([N+](=O)[O-])cc1Cl. The van der Waals surface area contributed by atoms with Crippen LogP contribution in [0.2, 0.25) is 5.02 Å². The molecule has 1 rings (SSSR count). The summed E-state index contributed by atoms with van der Waals surface area (Å²) in [7, 11) is 0. The number of hydrogen-bond donors (Lipinski definition) is 0. The second kappa shape index (κ2) is 6.05. The van der Waals surface area contributed by atoms with E-state index in [0.29, 0.717) is 0 Å². The Labute approximate surface area is 126 Å². The minimum Gasteiger partial charge on any atom is -0.456 e. The topological polar surface area (TPSA) is 86.5 Å². The molecule has 0 heterocycles. The van der Waals surface area contributed by atoms with E-state index in [1.165, 1.54) is 6.07 Å². The Kier molecular flexibility index (Phi) is 4.85. The van der Waals surface area contributed by atoms with Crippen molar-refractivity contribution in [2.45, 2.75) is 26.4 Å². The number of rotatable bonds is 4. The number of Topliss-reactive ketones (excluding diaryl/α,β-unsaturated/α-hetero) is 1. The number of esters is 1. The average Bonchev–Trinajstić information content (AvgIpc) is 2.34. The Morgan fingerprint density at radius 3 is 2.33 bits per heavy atom. The van der Waals surface area contributed by atoms with Gasteiger partial charge in [-0.25, -0.2) is 4.79 Å². The molecule has 1 aromatic rings. The van der Waals surface area contributed by atoms with Crippen molar-refractivity contribution in [3.8, 4) is 0 Å². The van der Waals surface area contributed by atoms with Crippen LogP contribution in [0.25, 0.3) is 0 Å². The molecule has 0 bridgehead atoms. The molecule has 0 radical (unpaired) electrons. The summed E-state index contributed by atoms with van der Waals surface area (Å²) in [4.78, 5) is 33.9. The lowest BCUT2D eigenvalue weighted by molar-refractivity contribution is -0.384. The van der Waals surface area contributed by atoms with Gasteiger partial charge in [0.05, 0.1) is 9.95 Å². The summed E-state index contributed by atoms with van der Waals surface area (Å²) in [5, 5.41) is 10.5. The zero-order chi connectivity index (χ0) is 16.4. The number of nitro groups is 1. The van der Waals surface area contributed by atoms with Crippen LogP contribution in [0.5, 0.6) is 0 Å². The van der Waals surface area contributed by atoms with Gasteiger partial charge in [0.15, 0.2) is 0 Å². The summed E-state index contributed by atoms with van der Waals surface area (Å²) >= 11 is 5.83. The minimum atomic E-state index is -0.859. The molecule has 0 amide bonds. The monoisotopic (exact) mass is 311 g/mol. The molecule has 112 valence electrons. The van der Waals surface area contributed by atoms with Crippen LogP contribution < -0.4 is 0 Å². The smallest absolute Gasteiger partial charge is 0.342 e. The standard InChI is InChI=1S/C14H14ClNO5/c1-8(13(18)21-14(2,3)4)12(17)10-6-5-9(16(19)20)7-11(10)15/h5-7H,1H2,2-4H3. The fourth-order valence-electron chi connectivity index (χ4n) is 1.40. The van der Waals surface area contributed by atoms with E-state index < -0.39 is 22.3 Å². The van der Waals surface area contributed by atoms with Crippen molar-refractivity contribution in [3.05, 3.63) is 51.1 Å². The third kappa shape index (κ3) is 4.39. The fraction of sp³-hybridized carbons (Fsp3) is 0.286. The van der Waals surface area contributed by atoms with Crippen molar-refractivity contribution in [1.29, 1.82) is 0 Å². The second-order valence-corrected chi connectivity index (χ2v) is 5.64. The number of ether oxygens (including phenoxy) is 1. The van der Waals surface area contributed by atoms with Crippen LogP contribution in [0.1, 0.15) is 31.1 Å². The Morgan fingerprint density at radius 1 is 1.33 bits per heavy atom. The number of halogens is 1. The number of hydrogen-bond acceptors (Lipinski definition) is 5. The second-order valence-electron chi connectivity index (χ2n) is 5.23. The minimum absolute atomic E-state index is 0.0434. The van der Waals surface area contributed by atoms with Crippen molar-refractivity contribution in [1.82, 2.24) is 0 Å². The van der Waals surface area contributed by atoms with E-state index in [2.05, 4.69) is 6.58 Å². The number of carbonyl (C=O) groups excluding carboxylic acids is 2. The highest BCUT2D eigenvalue weighted by Gasteiger charge is 2.25. The van der Waals surface area contributed by atoms with Crippen molar-refractivity contribution in [2.75, 3.05) is 0 Å². The van der Waals surface area contributed by atoms with Gasteiger partial charge in [0, 0.05) is 17.7 Å². The van der Waals surface area contributed by atoms with E-state index >= 15 is 0 Å². The number of carbonyl (C=O) groups is 2. The van der Waals surface area contributed by atoms with Crippen LogP contribution >= 0.6 is 11.6 Å². The number of non-ortho nitro benzene ring substituents is 1. The highest BCUT2D eigenvalue weighted by atomic mass is 35.5. The van der Waals surface area contributed by atoms with Crippen LogP contribution in [0.4, 0.5) is 5.69 Å². The van der Waals surface area contributed by atoms with Crippen LogP contribution in [-0.4, -0.2) is 22.3 Å². The third-order valence-electron chi connectivity index (χ3n) is 2.33. The van der Waals surface area contributed by atoms with Crippen LogP contribution in [-0.2, 0) is 9.53 Å². The number of nitrogens with zero attached hydrogens (tertiary/aromatic N) is 1. The molecule has 6 nitrogen and oxygen atoms in total. The zero-order valence-electron chi connectivity index (χ0n) is 11.8. The van der Waals surface area contributed by atoms with E-state index in [1.54, 1.807) is 20.8 Å². The number of benzene rings is 1. The van der Waals surface area contributed by atoms with Crippen molar-refractivity contribution < 1.29 is 19.2 Å². The first-order valence-corrected chi connectivity index (χ1v) is 6.31. The van der Waals surface area contributed by atoms with Gasteiger partial charge in [-0.1, -0.05) is 18.2 Å².